The molecule has 0 bridgehead atoms. The Morgan fingerprint density at radius 1 is 1.31 bits per heavy atom. The van der Waals surface area contributed by atoms with Crippen molar-refractivity contribution in [2.45, 2.75) is 20.1 Å². The summed E-state index contributed by atoms with van der Waals surface area (Å²) in [6, 6.07) is 5.10. The second-order valence-corrected chi connectivity index (χ2v) is 3.98. The van der Waals surface area contributed by atoms with E-state index in [2.05, 4.69) is 0 Å². The Hall–Kier alpha value is -1.87. The van der Waals surface area contributed by atoms with Crippen molar-refractivity contribution >= 4 is 23.3 Å². The van der Waals surface area contributed by atoms with Crippen LogP contribution in [-0.4, -0.2) is 11.9 Å². The van der Waals surface area contributed by atoms with Gasteiger partial charge in [-0.3, -0.25) is 9.59 Å². The van der Waals surface area contributed by atoms with E-state index in [0.717, 1.165) is 11.3 Å². The third-order valence-electron chi connectivity index (χ3n) is 1.52. The minimum Gasteiger partial charge on any atom is -0.420 e. The van der Waals surface area contributed by atoms with Crippen molar-refractivity contribution in [1.82, 2.24) is 0 Å². The quantitative estimate of drug-likeness (QED) is 0.593. The predicted octanol–water partition coefficient (Wildman–Crippen LogP) is 1.74. The van der Waals surface area contributed by atoms with Gasteiger partial charge in [-0.1, -0.05) is 0 Å². The van der Waals surface area contributed by atoms with Gasteiger partial charge in [-0.25, -0.2) is 0 Å². The lowest BCUT2D eigenvalue weighted by Gasteiger charge is -2.14. The Morgan fingerprint density at radius 2 is 1.88 bits per heavy atom. The molecule has 0 unspecified atom stereocenters. The van der Waals surface area contributed by atoms with Gasteiger partial charge in [0.25, 0.3) is 6.29 Å². The lowest BCUT2D eigenvalue weighted by Crippen LogP contribution is -2.13. The summed E-state index contributed by atoms with van der Waals surface area (Å²) >= 11 is 1.11. The van der Waals surface area contributed by atoms with E-state index < -0.39 is 18.2 Å². The molecule has 5 nitrogen and oxygen atoms in total. The molecule has 1 heterocycles. The average Bonchev–Trinajstić information content (AvgIpc) is 2.63. The number of carbonyl (C=O) groups is 2. The van der Waals surface area contributed by atoms with Gasteiger partial charge >= 0.3 is 11.9 Å². The third-order valence-corrected chi connectivity index (χ3v) is 2.53. The van der Waals surface area contributed by atoms with E-state index >= 15 is 0 Å². The number of thiophene rings is 1. The summed E-state index contributed by atoms with van der Waals surface area (Å²) in [4.78, 5) is 22.6. The van der Waals surface area contributed by atoms with E-state index in [0.29, 0.717) is 9.75 Å². The summed E-state index contributed by atoms with van der Waals surface area (Å²) < 4.78 is 9.65. The number of rotatable bonds is 3. The topological polar surface area (TPSA) is 76.4 Å². The van der Waals surface area contributed by atoms with Crippen LogP contribution in [0.1, 0.15) is 29.9 Å². The molecule has 0 saturated carbocycles. The minimum absolute atomic E-state index is 0.458. The zero-order valence-electron chi connectivity index (χ0n) is 8.72. The molecule has 84 valence electrons. The van der Waals surface area contributed by atoms with E-state index in [9.17, 15) is 9.59 Å². The van der Waals surface area contributed by atoms with E-state index in [-0.39, 0.29) is 0 Å². The van der Waals surface area contributed by atoms with Crippen molar-refractivity contribution in [2.75, 3.05) is 0 Å². The van der Waals surface area contributed by atoms with Crippen LogP contribution < -0.4 is 0 Å². The molecule has 1 aromatic heterocycles. The Balaban J connectivity index is 2.87. The number of nitriles is 1. The van der Waals surface area contributed by atoms with Crippen molar-refractivity contribution < 1.29 is 19.1 Å². The molecule has 0 fully saturated rings. The van der Waals surface area contributed by atoms with Crippen LogP contribution in [0, 0.1) is 11.3 Å². The van der Waals surface area contributed by atoms with Gasteiger partial charge in [0.05, 0.1) is 4.88 Å². The zero-order valence-corrected chi connectivity index (χ0v) is 9.54. The maximum Gasteiger partial charge on any atom is 0.306 e. The summed E-state index contributed by atoms with van der Waals surface area (Å²) in [5, 5.41) is 8.64. The Labute approximate surface area is 96.2 Å². The number of hydrogen-bond acceptors (Lipinski definition) is 6. The summed E-state index contributed by atoms with van der Waals surface area (Å²) in [5.41, 5.74) is 0. The van der Waals surface area contributed by atoms with E-state index in [1.54, 1.807) is 12.1 Å². The van der Waals surface area contributed by atoms with Crippen molar-refractivity contribution in [2.24, 2.45) is 0 Å². The van der Waals surface area contributed by atoms with Gasteiger partial charge in [0.1, 0.15) is 10.9 Å². The highest BCUT2D eigenvalue weighted by Crippen LogP contribution is 2.26. The normalized spacial score (nSPS) is 9.62. The molecule has 0 aliphatic heterocycles. The fraction of sp³-hybridized carbons (Fsp3) is 0.300. The summed E-state index contributed by atoms with van der Waals surface area (Å²) in [7, 11) is 0. The van der Waals surface area contributed by atoms with Gasteiger partial charge < -0.3 is 9.47 Å². The molecule has 16 heavy (non-hydrogen) atoms. The fourth-order valence-electron chi connectivity index (χ4n) is 0.981. The van der Waals surface area contributed by atoms with Crippen molar-refractivity contribution in [3.8, 4) is 6.07 Å². The lowest BCUT2D eigenvalue weighted by atomic mass is 10.4. The number of ether oxygens (including phenoxy) is 2. The highest BCUT2D eigenvalue weighted by molar-refractivity contribution is 7.12. The van der Waals surface area contributed by atoms with E-state index in [4.69, 9.17) is 14.7 Å². The fourth-order valence-corrected chi connectivity index (χ4v) is 1.75. The van der Waals surface area contributed by atoms with Crippen molar-refractivity contribution in [3.63, 3.8) is 0 Å². The first kappa shape index (κ1) is 12.2. The van der Waals surface area contributed by atoms with Crippen molar-refractivity contribution in [1.29, 1.82) is 5.26 Å². The Bertz CT molecular complexity index is 430. The van der Waals surface area contributed by atoms with Gasteiger partial charge in [-0.05, 0) is 12.1 Å². The number of esters is 2. The van der Waals surface area contributed by atoms with Gasteiger partial charge in [-0.15, -0.1) is 11.3 Å². The monoisotopic (exact) mass is 239 g/mol. The van der Waals surface area contributed by atoms with Gasteiger partial charge in [0.2, 0.25) is 0 Å². The molecule has 0 N–H and O–H groups in total. The smallest absolute Gasteiger partial charge is 0.306 e. The van der Waals surface area contributed by atoms with E-state index in [1.165, 1.54) is 13.8 Å². The predicted molar refractivity (Wildman–Crippen MR) is 55.3 cm³/mol. The molecular weight excluding hydrogens is 230 g/mol. The molecule has 0 radical (unpaired) electrons. The van der Waals surface area contributed by atoms with E-state index in [1.807, 2.05) is 6.07 Å². The van der Waals surface area contributed by atoms with Crippen LogP contribution in [0.4, 0.5) is 0 Å². The molecule has 0 spiro atoms. The number of hydrogen-bond donors (Lipinski definition) is 0. The average molecular weight is 239 g/mol. The molecule has 0 saturated heterocycles. The largest absolute Gasteiger partial charge is 0.420 e. The first-order valence-corrected chi connectivity index (χ1v) is 5.19. The molecule has 0 aromatic carbocycles. The van der Waals surface area contributed by atoms with Crippen LogP contribution in [0.15, 0.2) is 12.1 Å². The van der Waals surface area contributed by atoms with Crippen LogP contribution in [0.2, 0.25) is 0 Å². The minimum atomic E-state index is -1.07. The highest BCUT2D eigenvalue weighted by atomic mass is 32.1. The summed E-state index contributed by atoms with van der Waals surface area (Å²) in [5.74, 6) is -1.11. The lowest BCUT2D eigenvalue weighted by molar-refractivity contribution is -0.185. The summed E-state index contributed by atoms with van der Waals surface area (Å²) in [6.07, 6.45) is -1.07. The second kappa shape index (κ2) is 5.28. The first-order chi connectivity index (χ1) is 7.52. The second-order valence-electron chi connectivity index (χ2n) is 2.86. The number of nitrogens with zero attached hydrogens (tertiary/aromatic N) is 1. The molecule has 6 heteroatoms. The maximum atomic E-state index is 10.8. The number of carbonyl (C=O) groups excluding carboxylic acids is 2. The third kappa shape index (κ3) is 3.37. The first-order valence-electron chi connectivity index (χ1n) is 4.37. The van der Waals surface area contributed by atoms with Crippen LogP contribution in [-0.2, 0) is 19.1 Å². The molecule has 0 amide bonds. The maximum absolute atomic E-state index is 10.8. The molecule has 0 aliphatic rings. The van der Waals surface area contributed by atoms with Crippen LogP contribution in [0.5, 0.6) is 0 Å². The highest BCUT2D eigenvalue weighted by Gasteiger charge is 2.19. The van der Waals surface area contributed by atoms with Gasteiger partial charge in [0.15, 0.2) is 0 Å². The van der Waals surface area contributed by atoms with Crippen LogP contribution in [0.25, 0.3) is 0 Å². The Kier molecular flexibility index (Phi) is 4.03. The zero-order chi connectivity index (χ0) is 12.1. The standard InChI is InChI=1S/C10H9NO4S/c1-6(12)14-10(15-7(2)13)9-4-3-8(5-11)16-9/h3-4,10H,1-2H3. The van der Waals surface area contributed by atoms with Gasteiger partial charge in [0, 0.05) is 13.8 Å². The Morgan fingerprint density at radius 3 is 2.25 bits per heavy atom. The SMILES string of the molecule is CC(=O)OC(OC(C)=O)c1ccc(C#N)s1. The van der Waals surface area contributed by atoms with Crippen LogP contribution in [0.3, 0.4) is 0 Å². The molecule has 1 aromatic rings. The molecule has 0 atom stereocenters. The molecule has 0 aliphatic carbocycles. The molecule has 1 rings (SSSR count). The van der Waals surface area contributed by atoms with Gasteiger partial charge in [-0.2, -0.15) is 5.26 Å². The summed E-state index contributed by atoms with van der Waals surface area (Å²) in [6.45, 7) is 2.44. The van der Waals surface area contributed by atoms with Crippen LogP contribution >= 0.6 is 11.3 Å². The van der Waals surface area contributed by atoms with Crippen molar-refractivity contribution in [3.05, 3.63) is 21.9 Å². The molecular formula is C10H9NO4S.